The number of pyridine rings is 1. The highest BCUT2D eigenvalue weighted by Gasteiger charge is 2.27. The molecule has 0 spiro atoms. The van der Waals surface area contributed by atoms with Gasteiger partial charge in [-0.2, -0.15) is 0 Å². The zero-order chi connectivity index (χ0) is 17.2. The molecule has 0 bridgehead atoms. The Labute approximate surface area is 146 Å². The van der Waals surface area contributed by atoms with Crippen LogP contribution in [-0.4, -0.2) is 23.0 Å². The summed E-state index contributed by atoms with van der Waals surface area (Å²) < 4.78 is 5.34. The lowest BCUT2D eigenvalue weighted by Gasteiger charge is -2.21. The lowest BCUT2D eigenvalue weighted by Crippen LogP contribution is -2.33. The molecular weight excluding hydrogens is 314 g/mol. The highest BCUT2D eigenvalue weighted by molar-refractivity contribution is 5.88. The molecule has 3 aromatic rings. The van der Waals surface area contributed by atoms with Crippen LogP contribution in [-0.2, 0) is 24.2 Å². The summed E-state index contributed by atoms with van der Waals surface area (Å²) in [5, 5.41) is 4.19. The molecule has 1 unspecified atom stereocenters. The van der Waals surface area contributed by atoms with Gasteiger partial charge >= 0.3 is 0 Å². The third-order valence-electron chi connectivity index (χ3n) is 4.94. The molecule has 1 aromatic carbocycles. The highest BCUT2D eigenvalue weighted by Crippen LogP contribution is 2.33. The van der Waals surface area contributed by atoms with Gasteiger partial charge in [0.2, 0.25) is 5.91 Å². The fraction of sp³-hybridized carbons (Fsp3) is 0.300. The summed E-state index contributed by atoms with van der Waals surface area (Å²) in [7, 11) is 1.67. The fourth-order valence-corrected chi connectivity index (χ4v) is 3.57. The van der Waals surface area contributed by atoms with Gasteiger partial charge in [0.05, 0.1) is 19.3 Å². The normalized spacial score (nSPS) is 16.4. The number of benzene rings is 1. The molecule has 1 amide bonds. The van der Waals surface area contributed by atoms with Crippen molar-refractivity contribution in [1.29, 1.82) is 0 Å². The number of amides is 1. The average Bonchev–Trinajstić information content (AvgIpc) is 3.03. The zero-order valence-corrected chi connectivity index (χ0v) is 14.2. The summed E-state index contributed by atoms with van der Waals surface area (Å²) in [4.78, 5) is 20.3. The standard InChI is InChI=1S/C20H21N3O2/c1-25-15-6-8-19-17(11-15)16-10-13(5-7-18(16)23-19)20(24)22-12-14-4-2-3-9-21-14/h2-4,6,8-9,11,13,23H,5,7,10,12H2,1H3,(H,22,24). The van der Waals surface area contributed by atoms with E-state index < -0.39 is 0 Å². The number of methoxy groups -OCH3 is 1. The number of carbonyl (C=O) groups is 1. The molecule has 2 aromatic heterocycles. The molecule has 0 saturated heterocycles. The quantitative estimate of drug-likeness (QED) is 0.770. The molecule has 1 aliphatic rings. The smallest absolute Gasteiger partial charge is 0.223 e. The minimum atomic E-state index is 0.00131. The molecule has 5 nitrogen and oxygen atoms in total. The van der Waals surface area contributed by atoms with Crippen molar-refractivity contribution in [3.63, 3.8) is 0 Å². The van der Waals surface area contributed by atoms with E-state index in [1.807, 2.05) is 30.3 Å². The minimum absolute atomic E-state index is 0.00131. The van der Waals surface area contributed by atoms with E-state index in [-0.39, 0.29) is 11.8 Å². The van der Waals surface area contributed by atoms with Gasteiger partial charge < -0.3 is 15.0 Å². The van der Waals surface area contributed by atoms with E-state index in [2.05, 4.69) is 21.4 Å². The van der Waals surface area contributed by atoms with Crippen LogP contribution in [0.15, 0.2) is 42.6 Å². The summed E-state index contributed by atoms with van der Waals surface area (Å²) in [6, 6.07) is 11.8. The van der Waals surface area contributed by atoms with Crippen molar-refractivity contribution in [1.82, 2.24) is 15.3 Å². The van der Waals surface area contributed by atoms with Crippen LogP contribution in [0.3, 0.4) is 0 Å². The maximum atomic E-state index is 12.6. The van der Waals surface area contributed by atoms with E-state index in [9.17, 15) is 4.79 Å². The number of rotatable bonds is 4. The number of nitrogens with zero attached hydrogens (tertiary/aromatic N) is 1. The first kappa shape index (κ1) is 15.7. The van der Waals surface area contributed by atoms with E-state index in [4.69, 9.17) is 4.74 Å². The number of aromatic amines is 1. The van der Waals surface area contributed by atoms with Crippen LogP contribution in [0.25, 0.3) is 10.9 Å². The third-order valence-corrected chi connectivity index (χ3v) is 4.94. The molecule has 0 aliphatic heterocycles. The number of carbonyl (C=O) groups excluding carboxylic acids is 1. The van der Waals surface area contributed by atoms with Gasteiger partial charge in [-0.15, -0.1) is 0 Å². The lowest BCUT2D eigenvalue weighted by molar-refractivity contribution is -0.125. The molecule has 1 aliphatic carbocycles. The van der Waals surface area contributed by atoms with Crippen molar-refractivity contribution < 1.29 is 9.53 Å². The van der Waals surface area contributed by atoms with Crippen LogP contribution in [0.5, 0.6) is 5.75 Å². The Morgan fingerprint density at radius 1 is 1.36 bits per heavy atom. The third kappa shape index (κ3) is 3.09. The Balaban J connectivity index is 1.50. The van der Waals surface area contributed by atoms with E-state index in [0.29, 0.717) is 6.54 Å². The van der Waals surface area contributed by atoms with E-state index in [1.54, 1.807) is 13.3 Å². The molecule has 0 fully saturated rings. The van der Waals surface area contributed by atoms with Crippen molar-refractivity contribution in [2.24, 2.45) is 5.92 Å². The Morgan fingerprint density at radius 3 is 3.08 bits per heavy atom. The second kappa shape index (κ2) is 6.59. The number of H-pyrrole nitrogens is 1. The minimum Gasteiger partial charge on any atom is -0.497 e. The molecule has 0 radical (unpaired) electrons. The Kier molecular flexibility index (Phi) is 4.14. The Hall–Kier alpha value is -2.82. The van der Waals surface area contributed by atoms with E-state index in [0.717, 1.165) is 41.6 Å². The van der Waals surface area contributed by atoms with Crippen LogP contribution >= 0.6 is 0 Å². The van der Waals surface area contributed by atoms with Crippen LogP contribution in [0.2, 0.25) is 0 Å². The van der Waals surface area contributed by atoms with E-state index in [1.165, 1.54) is 11.3 Å². The molecule has 2 heterocycles. The van der Waals surface area contributed by atoms with Crippen molar-refractivity contribution in [2.75, 3.05) is 7.11 Å². The van der Waals surface area contributed by atoms with Crippen molar-refractivity contribution in [2.45, 2.75) is 25.8 Å². The number of nitrogens with one attached hydrogen (secondary N) is 2. The predicted molar refractivity (Wildman–Crippen MR) is 96.4 cm³/mol. The Morgan fingerprint density at radius 2 is 2.28 bits per heavy atom. The van der Waals surface area contributed by atoms with Gasteiger partial charge in [-0.1, -0.05) is 6.07 Å². The first-order valence-electron chi connectivity index (χ1n) is 8.59. The fourth-order valence-electron chi connectivity index (χ4n) is 3.57. The van der Waals surface area contributed by atoms with E-state index >= 15 is 0 Å². The number of ether oxygens (including phenoxy) is 1. The molecular formula is C20H21N3O2. The van der Waals surface area contributed by atoms with Gasteiger partial charge in [-0.25, -0.2) is 0 Å². The molecule has 0 saturated carbocycles. The maximum absolute atomic E-state index is 12.6. The van der Waals surface area contributed by atoms with Gasteiger partial charge in [0.25, 0.3) is 0 Å². The van der Waals surface area contributed by atoms with Crippen LogP contribution in [0, 0.1) is 5.92 Å². The van der Waals surface area contributed by atoms with Gasteiger partial charge in [-0.05, 0) is 55.2 Å². The van der Waals surface area contributed by atoms with Crippen LogP contribution < -0.4 is 10.1 Å². The Bertz CT molecular complexity index is 902. The number of hydrogen-bond donors (Lipinski definition) is 2. The van der Waals surface area contributed by atoms with Crippen LogP contribution in [0.4, 0.5) is 0 Å². The summed E-state index contributed by atoms with van der Waals surface area (Å²) >= 11 is 0. The molecule has 4 rings (SSSR count). The molecule has 2 N–H and O–H groups in total. The topological polar surface area (TPSA) is 67.0 Å². The maximum Gasteiger partial charge on any atom is 0.223 e. The molecule has 128 valence electrons. The van der Waals surface area contributed by atoms with Crippen molar-refractivity contribution in [3.05, 3.63) is 59.5 Å². The number of aryl methyl sites for hydroxylation is 1. The lowest BCUT2D eigenvalue weighted by atomic mass is 9.86. The first-order chi connectivity index (χ1) is 12.2. The zero-order valence-electron chi connectivity index (χ0n) is 14.2. The van der Waals surface area contributed by atoms with Gasteiger partial charge in [0.1, 0.15) is 5.75 Å². The number of aromatic nitrogens is 2. The van der Waals surface area contributed by atoms with Crippen molar-refractivity contribution >= 4 is 16.8 Å². The average molecular weight is 335 g/mol. The second-order valence-electron chi connectivity index (χ2n) is 6.47. The summed E-state index contributed by atoms with van der Waals surface area (Å²) in [5.74, 6) is 0.950. The predicted octanol–water partition coefficient (Wildman–Crippen LogP) is 2.99. The highest BCUT2D eigenvalue weighted by atomic mass is 16.5. The van der Waals surface area contributed by atoms with Crippen LogP contribution in [0.1, 0.15) is 23.4 Å². The SMILES string of the molecule is COc1ccc2[nH]c3c(c2c1)CC(C(=O)NCc1ccccn1)CC3. The largest absolute Gasteiger partial charge is 0.497 e. The first-order valence-corrected chi connectivity index (χ1v) is 8.59. The second-order valence-corrected chi connectivity index (χ2v) is 6.47. The number of hydrogen-bond acceptors (Lipinski definition) is 3. The summed E-state index contributed by atoms with van der Waals surface area (Å²) in [6.45, 7) is 0.477. The molecule has 25 heavy (non-hydrogen) atoms. The van der Waals surface area contributed by atoms with Crippen molar-refractivity contribution in [3.8, 4) is 5.75 Å². The molecule has 5 heteroatoms. The monoisotopic (exact) mass is 335 g/mol. The van der Waals surface area contributed by atoms with Gasteiger partial charge in [0, 0.05) is 28.7 Å². The molecule has 1 atom stereocenters. The number of fused-ring (bicyclic) bond motifs is 3. The summed E-state index contributed by atoms with van der Waals surface area (Å²) in [5.41, 5.74) is 4.49. The van der Waals surface area contributed by atoms with Gasteiger partial charge in [-0.3, -0.25) is 9.78 Å². The van der Waals surface area contributed by atoms with Gasteiger partial charge in [0.15, 0.2) is 0 Å². The summed E-state index contributed by atoms with van der Waals surface area (Å²) in [6.07, 6.45) is 4.27.